The third-order valence-electron chi connectivity index (χ3n) is 2.44. The molecule has 0 aromatic carbocycles. The molecule has 0 aliphatic heterocycles. The first-order valence-corrected chi connectivity index (χ1v) is 5.88. The summed E-state index contributed by atoms with van der Waals surface area (Å²) in [7, 11) is 0. The molecule has 0 bridgehead atoms. The monoisotopic (exact) mass is 292 g/mol. The maximum absolute atomic E-state index is 12.1. The van der Waals surface area contributed by atoms with Crippen LogP contribution in [-0.2, 0) is 0 Å². The highest BCUT2D eigenvalue weighted by Gasteiger charge is 2.24. The molecule has 0 fully saturated rings. The number of nitrogens with one attached hydrogen (secondary N) is 1. The lowest BCUT2D eigenvalue weighted by atomic mass is 10.2. The Morgan fingerprint density at radius 3 is 2.85 bits per heavy atom. The van der Waals surface area contributed by atoms with E-state index in [0.717, 1.165) is 5.56 Å². The summed E-state index contributed by atoms with van der Waals surface area (Å²) in [4.78, 5) is 29.8. The standard InChI is InChI=1S/C12H9ClN4O3/c1-7-4-8(6-14-5-7)16-12(18)9-2-3-15-11(13)10(9)17(19)20/h2-6H,1H3,(H,16,18). The Labute approximate surface area is 118 Å². The summed E-state index contributed by atoms with van der Waals surface area (Å²) in [6.45, 7) is 1.81. The molecule has 2 rings (SSSR count). The van der Waals surface area contributed by atoms with Crippen LogP contribution in [0.5, 0.6) is 0 Å². The van der Waals surface area contributed by atoms with Crippen molar-refractivity contribution >= 4 is 28.9 Å². The molecule has 0 spiro atoms. The van der Waals surface area contributed by atoms with Gasteiger partial charge in [0.1, 0.15) is 5.56 Å². The molecule has 0 saturated heterocycles. The molecule has 0 unspecified atom stereocenters. The van der Waals surface area contributed by atoms with Gasteiger partial charge in [-0.25, -0.2) is 4.98 Å². The van der Waals surface area contributed by atoms with E-state index >= 15 is 0 Å². The van der Waals surface area contributed by atoms with Gasteiger partial charge in [0.25, 0.3) is 5.91 Å². The van der Waals surface area contributed by atoms with Crippen LogP contribution in [-0.4, -0.2) is 20.8 Å². The van der Waals surface area contributed by atoms with Gasteiger partial charge in [-0.2, -0.15) is 0 Å². The van der Waals surface area contributed by atoms with E-state index in [1.165, 1.54) is 18.5 Å². The number of carbonyl (C=O) groups excluding carboxylic acids is 1. The number of amides is 1. The number of hydrogen-bond acceptors (Lipinski definition) is 5. The zero-order valence-corrected chi connectivity index (χ0v) is 11.1. The fourth-order valence-corrected chi connectivity index (χ4v) is 1.83. The Balaban J connectivity index is 2.35. The van der Waals surface area contributed by atoms with Crippen LogP contribution in [0.15, 0.2) is 30.7 Å². The number of aromatic nitrogens is 2. The molecule has 1 amide bonds. The van der Waals surface area contributed by atoms with Crippen molar-refractivity contribution in [1.29, 1.82) is 0 Å². The number of nitrogens with zero attached hydrogens (tertiary/aromatic N) is 3. The SMILES string of the molecule is Cc1cncc(NC(=O)c2ccnc(Cl)c2[N+](=O)[O-])c1. The Kier molecular flexibility index (Phi) is 3.90. The average molecular weight is 293 g/mol. The van der Waals surface area contributed by atoms with Crippen molar-refractivity contribution in [2.24, 2.45) is 0 Å². The van der Waals surface area contributed by atoms with Crippen LogP contribution in [0.4, 0.5) is 11.4 Å². The molecule has 0 atom stereocenters. The van der Waals surface area contributed by atoms with Gasteiger partial charge in [-0.15, -0.1) is 0 Å². The van der Waals surface area contributed by atoms with E-state index in [9.17, 15) is 14.9 Å². The maximum Gasteiger partial charge on any atom is 0.319 e. The predicted octanol–water partition coefficient (Wildman–Crippen LogP) is 2.60. The number of pyridine rings is 2. The van der Waals surface area contributed by atoms with E-state index in [1.807, 2.05) is 6.92 Å². The van der Waals surface area contributed by atoms with Crippen LogP contribution in [0.3, 0.4) is 0 Å². The van der Waals surface area contributed by atoms with E-state index in [1.54, 1.807) is 12.3 Å². The lowest BCUT2D eigenvalue weighted by molar-refractivity contribution is -0.385. The number of hydrogen-bond donors (Lipinski definition) is 1. The molecule has 2 aromatic rings. The number of nitro groups is 1. The predicted molar refractivity (Wildman–Crippen MR) is 72.8 cm³/mol. The van der Waals surface area contributed by atoms with E-state index in [4.69, 9.17) is 11.6 Å². The summed E-state index contributed by atoms with van der Waals surface area (Å²) in [6, 6.07) is 2.93. The minimum atomic E-state index is -0.737. The first kappa shape index (κ1) is 13.9. The maximum atomic E-state index is 12.1. The van der Waals surface area contributed by atoms with Crippen molar-refractivity contribution in [1.82, 2.24) is 9.97 Å². The third-order valence-corrected chi connectivity index (χ3v) is 2.72. The third kappa shape index (κ3) is 2.89. The second-order valence-electron chi connectivity index (χ2n) is 3.96. The van der Waals surface area contributed by atoms with E-state index in [0.29, 0.717) is 5.69 Å². The van der Waals surface area contributed by atoms with Crippen molar-refractivity contribution in [2.45, 2.75) is 6.92 Å². The van der Waals surface area contributed by atoms with Crippen LogP contribution in [0.2, 0.25) is 5.15 Å². The summed E-state index contributed by atoms with van der Waals surface area (Å²) in [6.07, 6.45) is 4.31. The largest absolute Gasteiger partial charge is 0.320 e. The van der Waals surface area contributed by atoms with E-state index in [2.05, 4.69) is 15.3 Å². The highest BCUT2D eigenvalue weighted by Crippen LogP contribution is 2.26. The normalized spacial score (nSPS) is 10.1. The quantitative estimate of drug-likeness (QED) is 0.532. The Morgan fingerprint density at radius 2 is 2.20 bits per heavy atom. The Bertz CT molecular complexity index is 690. The van der Waals surface area contributed by atoms with Crippen LogP contribution in [0, 0.1) is 17.0 Å². The molecular formula is C12H9ClN4O3. The number of carbonyl (C=O) groups is 1. The second-order valence-corrected chi connectivity index (χ2v) is 4.32. The van der Waals surface area contributed by atoms with Crippen LogP contribution in [0.1, 0.15) is 15.9 Å². The molecule has 102 valence electrons. The fraction of sp³-hybridized carbons (Fsp3) is 0.0833. The Hall–Kier alpha value is -2.54. The van der Waals surface area contributed by atoms with Crippen LogP contribution in [0.25, 0.3) is 0 Å². The van der Waals surface area contributed by atoms with Gasteiger partial charge in [0.15, 0.2) is 0 Å². The molecule has 0 saturated carbocycles. The lowest BCUT2D eigenvalue weighted by Crippen LogP contribution is -2.14. The van der Waals surface area contributed by atoms with Gasteiger partial charge in [0.05, 0.1) is 16.8 Å². The molecule has 2 heterocycles. The minimum Gasteiger partial charge on any atom is -0.320 e. The lowest BCUT2D eigenvalue weighted by Gasteiger charge is -2.06. The molecule has 1 N–H and O–H groups in total. The zero-order chi connectivity index (χ0) is 14.7. The van der Waals surface area contributed by atoms with Crippen molar-refractivity contribution < 1.29 is 9.72 Å². The molecule has 0 aliphatic carbocycles. The first-order chi connectivity index (χ1) is 9.49. The zero-order valence-electron chi connectivity index (χ0n) is 10.3. The van der Waals surface area contributed by atoms with Crippen molar-refractivity contribution in [3.8, 4) is 0 Å². The van der Waals surface area contributed by atoms with E-state index in [-0.39, 0.29) is 10.7 Å². The highest BCUT2D eigenvalue weighted by atomic mass is 35.5. The molecule has 7 nitrogen and oxygen atoms in total. The minimum absolute atomic E-state index is 0.156. The smallest absolute Gasteiger partial charge is 0.319 e. The summed E-state index contributed by atoms with van der Waals surface area (Å²) < 4.78 is 0. The summed E-state index contributed by atoms with van der Waals surface area (Å²) in [5, 5.41) is 13.1. The summed E-state index contributed by atoms with van der Waals surface area (Å²) in [5.74, 6) is -0.645. The average Bonchev–Trinajstić information content (AvgIpc) is 2.37. The van der Waals surface area contributed by atoms with Gasteiger partial charge < -0.3 is 5.32 Å². The summed E-state index contributed by atoms with van der Waals surface area (Å²) >= 11 is 5.65. The molecule has 0 aliphatic rings. The van der Waals surface area contributed by atoms with Gasteiger partial charge in [-0.1, -0.05) is 11.6 Å². The second kappa shape index (κ2) is 5.62. The molecule has 8 heteroatoms. The number of aryl methyl sites for hydroxylation is 1. The first-order valence-electron chi connectivity index (χ1n) is 5.51. The van der Waals surface area contributed by atoms with Crippen LogP contribution < -0.4 is 5.32 Å². The fourth-order valence-electron chi connectivity index (χ4n) is 1.61. The Morgan fingerprint density at radius 1 is 1.45 bits per heavy atom. The van der Waals surface area contributed by atoms with Gasteiger partial charge >= 0.3 is 5.69 Å². The highest BCUT2D eigenvalue weighted by molar-refractivity contribution is 6.32. The summed E-state index contributed by atoms with van der Waals surface area (Å²) in [5.41, 5.74) is 0.617. The van der Waals surface area contributed by atoms with Gasteiger partial charge in [-0.05, 0) is 24.6 Å². The molecular weight excluding hydrogens is 284 g/mol. The topological polar surface area (TPSA) is 98.0 Å². The van der Waals surface area contributed by atoms with Crippen LogP contribution >= 0.6 is 11.6 Å². The van der Waals surface area contributed by atoms with Gasteiger partial charge in [0.2, 0.25) is 5.15 Å². The number of anilines is 1. The van der Waals surface area contributed by atoms with Gasteiger partial charge in [0, 0.05) is 12.4 Å². The van der Waals surface area contributed by atoms with Crippen molar-refractivity contribution in [3.63, 3.8) is 0 Å². The molecule has 20 heavy (non-hydrogen) atoms. The van der Waals surface area contributed by atoms with Gasteiger partial charge in [-0.3, -0.25) is 19.9 Å². The molecule has 2 aromatic heterocycles. The number of rotatable bonds is 3. The molecule has 0 radical (unpaired) electrons. The number of halogens is 1. The van der Waals surface area contributed by atoms with Crippen molar-refractivity contribution in [2.75, 3.05) is 5.32 Å². The van der Waals surface area contributed by atoms with E-state index < -0.39 is 16.5 Å². The van der Waals surface area contributed by atoms with Crippen molar-refractivity contribution in [3.05, 3.63) is 57.1 Å².